The van der Waals surface area contributed by atoms with Gasteiger partial charge in [0.15, 0.2) is 0 Å². The molecule has 1 aliphatic rings. The second-order valence-corrected chi connectivity index (χ2v) is 5.41. The normalized spacial score (nSPS) is 21.3. The van der Waals surface area contributed by atoms with Crippen LogP contribution in [0.25, 0.3) is 0 Å². The van der Waals surface area contributed by atoms with E-state index < -0.39 is 0 Å². The largest absolute Gasteiger partial charge is 0.497 e. The molecular weight excluding hydrogens is 270 g/mol. The van der Waals surface area contributed by atoms with Crippen LogP contribution >= 0.6 is 0 Å². The summed E-state index contributed by atoms with van der Waals surface area (Å²) in [6, 6.07) is 7.59. The predicted molar refractivity (Wildman–Crippen MR) is 78.1 cm³/mol. The van der Waals surface area contributed by atoms with Crippen LogP contribution in [-0.4, -0.2) is 32.1 Å². The Balaban J connectivity index is 1.84. The van der Waals surface area contributed by atoms with Gasteiger partial charge in [0, 0.05) is 12.0 Å². The SMILES string of the molecule is COC(=O)C[C@H](C)NC(=O)[C@@H]1C[C@H]1c1ccc(OC)cc1. The molecule has 0 heterocycles. The van der Waals surface area contributed by atoms with Crippen molar-refractivity contribution in [3.63, 3.8) is 0 Å². The molecule has 1 fully saturated rings. The predicted octanol–water partition coefficient (Wildman–Crippen LogP) is 1.87. The van der Waals surface area contributed by atoms with Crippen LogP contribution in [0.4, 0.5) is 0 Å². The molecular formula is C16H21NO4. The van der Waals surface area contributed by atoms with E-state index in [2.05, 4.69) is 10.1 Å². The maximum absolute atomic E-state index is 12.1. The molecule has 0 unspecified atom stereocenters. The van der Waals surface area contributed by atoms with Crippen LogP contribution in [0.1, 0.15) is 31.2 Å². The fraction of sp³-hybridized carbons (Fsp3) is 0.500. The lowest BCUT2D eigenvalue weighted by atomic mass is 10.1. The number of hydrogen-bond donors (Lipinski definition) is 1. The highest BCUT2D eigenvalue weighted by atomic mass is 16.5. The topological polar surface area (TPSA) is 64.6 Å². The van der Waals surface area contributed by atoms with Crippen LogP contribution in [0.3, 0.4) is 0 Å². The summed E-state index contributed by atoms with van der Waals surface area (Å²) in [5, 5.41) is 2.86. The molecule has 5 nitrogen and oxygen atoms in total. The third-order valence-electron chi connectivity index (χ3n) is 3.76. The molecule has 1 aromatic carbocycles. The average molecular weight is 291 g/mol. The van der Waals surface area contributed by atoms with Gasteiger partial charge in [0.25, 0.3) is 0 Å². The number of esters is 1. The number of hydrogen-bond acceptors (Lipinski definition) is 4. The van der Waals surface area contributed by atoms with E-state index in [0.29, 0.717) is 0 Å². The second-order valence-electron chi connectivity index (χ2n) is 5.41. The van der Waals surface area contributed by atoms with Gasteiger partial charge in [0.05, 0.1) is 20.6 Å². The number of carbonyl (C=O) groups excluding carboxylic acids is 2. The zero-order chi connectivity index (χ0) is 15.4. The highest BCUT2D eigenvalue weighted by molar-refractivity contribution is 5.83. The maximum Gasteiger partial charge on any atom is 0.307 e. The standard InChI is InChI=1S/C16H21NO4/c1-10(8-15(18)21-3)17-16(19)14-9-13(14)11-4-6-12(20-2)7-5-11/h4-7,10,13-14H,8-9H2,1-3H3,(H,17,19)/t10-,13-,14+/m0/s1. The zero-order valence-electron chi connectivity index (χ0n) is 12.6. The Morgan fingerprint density at radius 3 is 2.52 bits per heavy atom. The van der Waals surface area contributed by atoms with E-state index in [-0.39, 0.29) is 36.2 Å². The van der Waals surface area contributed by atoms with Crippen molar-refractivity contribution < 1.29 is 19.1 Å². The minimum Gasteiger partial charge on any atom is -0.497 e. The monoisotopic (exact) mass is 291 g/mol. The summed E-state index contributed by atoms with van der Waals surface area (Å²) in [6.07, 6.45) is 1.05. The van der Waals surface area contributed by atoms with Crippen molar-refractivity contribution in [2.24, 2.45) is 5.92 Å². The van der Waals surface area contributed by atoms with E-state index in [1.54, 1.807) is 14.0 Å². The zero-order valence-corrected chi connectivity index (χ0v) is 12.6. The first-order valence-electron chi connectivity index (χ1n) is 7.06. The minimum absolute atomic E-state index is 0.00140. The smallest absolute Gasteiger partial charge is 0.307 e. The lowest BCUT2D eigenvalue weighted by Gasteiger charge is -2.12. The molecule has 3 atom stereocenters. The molecule has 1 N–H and O–H groups in total. The van der Waals surface area contributed by atoms with Crippen LogP contribution in [0.2, 0.25) is 0 Å². The Labute approximate surface area is 124 Å². The number of methoxy groups -OCH3 is 2. The van der Waals surface area contributed by atoms with Gasteiger partial charge < -0.3 is 14.8 Å². The van der Waals surface area contributed by atoms with Crippen LogP contribution in [0.15, 0.2) is 24.3 Å². The number of ether oxygens (including phenoxy) is 2. The molecule has 21 heavy (non-hydrogen) atoms. The Hall–Kier alpha value is -2.04. The van der Waals surface area contributed by atoms with E-state index >= 15 is 0 Å². The van der Waals surface area contributed by atoms with Crippen LogP contribution in [0.5, 0.6) is 5.75 Å². The minimum atomic E-state index is -0.315. The highest BCUT2D eigenvalue weighted by Gasteiger charge is 2.44. The van der Waals surface area contributed by atoms with Crippen LogP contribution < -0.4 is 10.1 Å². The van der Waals surface area contributed by atoms with Gasteiger partial charge in [-0.15, -0.1) is 0 Å². The van der Waals surface area contributed by atoms with Gasteiger partial charge in [-0.2, -0.15) is 0 Å². The first kappa shape index (κ1) is 15.4. The summed E-state index contributed by atoms with van der Waals surface area (Å²) in [7, 11) is 2.97. The quantitative estimate of drug-likeness (QED) is 0.813. The molecule has 1 aliphatic carbocycles. The van der Waals surface area contributed by atoms with Crippen molar-refractivity contribution in [2.45, 2.75) is 31.7 Å². The molecule has 114 valence electrons. The maximum atomic E-state index is 12.1. The molecule has 1 amide bonds. The Morgan fingerprint density at radius 1 is 1.29 bits per heavy atom. The molecule has 0 bridgehead atoms. The second kappa shape index (κ2) is 6.61. The fourth-order valence-corrected chi connectivity index (χ4v) is 2.44. The third kappa shape index (κ3) is 3.97. The average Bonchev–Trinajstić information content (AvgIpc) is 3.27. The summed E-state index contributed by atoms with van der Waals surface area (Å²) in [5.41, 5.74) is 1.15. The van der Waals surface area contributed by atoms with Crippen molar-refractivity contribution >= 4 is 11.9 Å². The fourth-order valence-electron chi connectivity index (χ4n) is 2.44. The number of benzene rings is 1. The van der Waals surface area contributed by atoms with Gasteiger partial charge in [-0.1, -0.05) is 12.1 Å². The van der Waals surface area contributed by atoms with Crippen molar-refractivity contribution in [1.29, 1.82) is 0 Å². The summed E-state index contributed by atoms with van der Waals surface area (Å²) in [6.45, 7) is 1.81. The highest BCUT2D eigenvalue weighted by Crippen LogP contribution is 2.47. The lowest BCUT2D eigenvalue weighted by molar-refractivity contribution is -0.141. The van der Waals surface area contributed by atoms with E-state index in [0.717, 1.165) is 17.7 Å². The molecule has 1 saturated carbocycles. The Morgan fingerprint density at radius 2 is 1.95 bits per heavy atom. The summed E-state index contributed by atoms with van der Waals surface area (Å²) in [5.74, 6) is 0.768. The van der Waals surface area contributed by atoms with Gasteiger partial charge in [-0.25, -0.2) is 0 Å². The van der Waals surface area contributed by atoms with E-state index in [9.17, 15) is 9.59 Å². The first-order valence-corrected chi connectivity index (χ1v) is 7.06. The summed E-state index contributed by atoms with van der Waals surface area (Å²) in [4.78, 5) is 23.3. The molecule has 0 radical (unpaired) electrons. The van der Waals surface area contributed by atoms with Gasteiger partial charge >= 0.3 is 5.97 Å². The molecule has 1 aromatic rings. The van der Waals surface area contributed by atoms with E-state index in [1.165, 1.54) is 7.11 Å². The molecule has 0 saturated heterocycles. The Bertz CT molecular complexity index is 512. The van der Waals surface area contributed by atoms with E-state index in [1.807, 2.05) is 24.3 Å². The third-order valence-corrected chi connectivity index (χ3v) is 3.76. The number of carbonyl (C=O) groups is 2. The van der Waals surface area contributed by atoms with Crippen molar-refractivity contribution in [1.82, 2.24) is 5.32 Å². The van der Waals surface area contributed by atoms with E-state index in [4.69, 9.17) is 4.74 Å². The molecule has 2 rings (SSSR count). The number of nitrogens with one attached hydrogen (secondary N) is 1. The lowest BCUT2D eigenvalue weighted by Crippen LogP contribution is -2.35. The van der Waals surface area contributed by atoms with Gasteiger partial charge in [-0.05, 0) is 37.0 Å². The Kier molecular flexibility index (Phi) is 4.83. The summed E-state index contributed by atoms with van der Waals surface area (Å²) < 4.78 is 9.71. The van der Waals surface area contributed by atoms with Crippen molar-refractivity contribution in [2.75, 3.05) is 14.2 Å². The molecule has 5 heteroatoms. The van der Waals surface area contributed by atoms with Crippen molar-refractivity contribution in [3.05, 3.63) is 29.8 Å². The molecule has 0 aromatic heterocycles. The summed E-state index contributed by atoms with van der Waals surface area (Å²) >= 11 is 0. The number of amides is 1. The number of rotatable bonds is 6. The van der Waals surface area contributed by atoms with Crippen LogP contribution in [-0.2, 0) is 14.3 Å². The molecule has 0 aliphatic heterocycles. The van der Waals surface area contributed by atoms with Gasteiger partial charge in [-0.3, -0.25) is 9.59 Å². The van der Waals surface area contributed by atoms with Gasteiger partial charge in [0.1, 0.15) is 5.75 Å². The van der Waals surface area contributed by atoms with Gasteiger partial charge in [0.2, 0.25) is 5.91 Å². The van der Waals surface area contributed by atoms with Crippen LogP contribution in [0, 0.1) is 5.92 Å². The van der Waals surface area contributed by atoms with Crippen molar-refractivity contribution in [3.8, 4) is 5.75 Å². The first-order chi connectivity index (χ1) is 10.0. The molecule has 0 spiro atoms.